The van der Waals surface area contributed by atoms with Crippen LogP contribution in [0.3, 0.4) is 0 Å². The number of aromatic nitrogens is 1. The molecule has 34 heavy (non-hydrogen) atoms. The van der Waals surface area contributed by atoms with Crippen LogP contribution in [0.25, 0.3) is 23.1 Å². The van der Waals surface area contributed by atoms with Crippen molar-refractivity contribution in [2.45, 2.75) is 13.5 Å². The van der Waals surface area contributed by atoms with Gasteiger partial charge in [0.1, 0.15) is 17.9 Å². The van der Waals surface area contributed by atoms with E-state index in [0.717, 1.165) is 31.3 Å². The summed E-state index contributed by atoms with van der Waals surface area (Å²) in [5, 5.41) is 1.69. The Bertz CT molecular complexity index is 1370. The van der Waals surface area contributed by atoms with Crippen LogP contribution in [-0.4, -0.2) is 18.1 Å². The van der Waals surface area contributed by atoms with Gasteiger partial charge in [0.05, 0.1) is 16.4 Å². The lowest BCUT2D eigenvalue weighted by Gasteiger charge is -2.11. The SMILES string of the molecule is COc1cc(/C=C\c2ccc3cccc(OCc4ccc(Cl)cc4)c3n2)cc(I)c1OC(C)=O. The molecule has 0 spiro atoms. The summed E-state index contributed by atoms with van der Waals surface area (Å²) >= 11 is 8.09. The van der Waals surface area contributed by atoms with E-state index in [0.29, 0.717) is 28.9 Å². The number of carbonyl (C=O) groups excluding carboxylic acids is 1. The lowest BCUT2D eigenvalue weighted by molar-refractivity contribution is -0.132. The van der Waals surface area contributed by atoms with Gasteiger partial charge in [-0.1, -0.05) is 48.0 Å². The molecule has 1 aromatic heterocycles. The minimum absolute atomic E-state index is 0.394. The van der Waals surface area contributed by atoms with Gasteiger partial charge in [0.15, 0.2) is 11.5 Å². The van der Waals surface area contributed by atoms with Crippen LogP contribution < -0.4 is 14.2 Å². The monoisotopic (exact) mass is 585 g/mol. The third-order valence-electron chi connectivity index (χ3n) is 4.96. The van der Waals surface area contributed by atoms with Crippen LogP contribution in [0.15, 0.2) is 66.7 Å². The number of fused-ring (bicyclic) bond motifs is 1. The predicted octanol–water partition coefficient (Wildman–Crippen LogP) is 7.18. The van der Waals surface area contributed by atoms with E-state index >= 15 is 0 Å². The molecule has 0 N–H and O–H groups in total. The highest BCUT2D eigenvalue weighted by molar-refractivity contribution is 14.1. The first kappa shape index (κ1) is 24.0. The first-order chi connectivity index (χ1) is 16.4. The Balaban J connectivity index is 1.59. The number of esters is 1. The van der Waals surface area contributed by atoms with E-state index in [1.807, 2.05) is 78.9 Å². The van der Waals surface area contributed by atoms with Crippen LogP contribution in [0.4, 0.5) is 0 Å². The van der Waals surface area contributed by atoms with Gasteiger partial charge in [-0.15, -0.1) is 0 Å². The topological polar surface area (TPSA) is 57.6 Å². The lowest BCUT2D eigenvalue weighted by atomic mass is 10.1. The van der Waals surface area contributed by atoms with Crippen molar-refractivity contribution < 1.29 is 19.0 Å². The van der Waals surface area contributed by atoms with E-state index in [2.05, 4.69) is 22.6 Å². The summed E-state index contributed by atoms with van der Waals surface area (Å²) in [7, 11) is 1.54. The van der Waals surface area contributed by atoms with Crippen molar-refractivity contribution in [3.05, 3.63) is 92.1 Å². The molecule has 0 aliphatic carbocycles. The number of rotatable bonds is 7. The molecule has 0 unspecified atom stereocenters. The molecule has 0 amide bonds. The number of hydrogen-bond acceptors (Lipinski definition) is 5. The summed E-state index contributed by atoms with van der Waals surface area (Å²) in [6.07, 6.45) is 3.86. The van der Waals surface area contributed by atoms with E-state index in [1.54, 1.807) is 7.11 Å². The molecule has 1 heterocycles. The van der Waals surface area contributed by atoms with E-state index < -0.39 is 5.97 Å². The minimum atomic E-state index is -0.394. The number of benzene rings is 3. The molecule has 0 saturated heterocycles. The molecule has 0 aliphatic heterocycles. The molecule has 4 rings (SSSR count). The van der Waals surface area contributed by atoms with E-state index in [4.69, 9.17) is 30.8 Å². The van der Waals surface area contributed by atoms with Gasteiger partial charge in [0, 0.05) is 17.3 Å². The molecule has 7 heteroatoms. The highest BCUT2D eigenvalue weighted by Crippen LogP contribution is 2.34. The van der Waals surface area contributed by atoms with E-state index in [9.17, 15) is 4.79 Å². The second-order valence-electron chi connectivity index (χ2n) is 7.44. The van der Waals surface area contributed by atoms with Crippen LogP contribution in [0.1, 0.15) is 23.7 Å². The maximum Gasteiger partial charge on any atom is 0.308 e. The Morgan fingerprint density at radius 1 is 1.03 bits per heavy atom. The van der Waals surface area contributed by atoms with Gasteiger partial charge >= 0.3 is 5.97 Å². The molecule has 172 valence electrons. The molecule has 0 radical (unpaired) electrons. The first-order valence-electron chi connectivity index (χ1n) is 10.4. The Labute approximate surface area is 216 Å². The smallest absolute Gasteiger partial charge is 0.308 e. The quantitative estimate of drug-likeness (QED) is 0.131. The van der Waals surface area contributed by atoms with Gasteiger partial charge in [-0.2, -0.15) is 0 Å². The Kier molecular flexibility index (Phi) is 7.70. The summed E-state index contributed by atoms with van der Waals surface area (Å²) in [5.74, 6) is 1.23. The number of halogens is 2. The van der Waals surface area contributed by atoms with Crippen LogP contribution in [0.2, 0.25) is 5.02 Å². The maximum atomic E-state index is 11.4. The molecule has 0 atom stereocenters. The van der Waals surface area contributed by atoms with Crippen LogP contribution in [-0.2, 0) is 11.4 Å². The molecule has 0 bridgehead atoms. The van der Waals surface area contributed by atoms with Crippen LogP contribution in [0.5, 0.6) is 17.2 Å². The van der Waals surface area contributed by atoms with Gasteiger partial charge in [0.25, 0.3) is 0 Å². The van der Waals surface area contributed by atoms with Crippen molar-refractivity contribution in [3.63, 3.8) is 0 Å². The summed E-state index contributed by atoms with van der Waals surface area (Å²) in [5.41, 5.74) is 3.49. The molecule has 0 fully saturated rings. The van der Waals surface area contributed by atoms with Crippen molar-refractivity contribution in [3.8, 4) is 17.2 Å². The second kappa shape index (κ2) is 10.9. The van der Waals surface area contributed by atoms with Crippen molar-refractivity contribution in [2.24, 2.45) is 0 Å². The zero-order valence-corrected chi connectivity index (χ0v) is 21.5. The average Bonchev–Trinajstić information content (AvgIpc) is 2.83. The fourth-order valence-electron chi connectivity index (χ4n) is 3.35. The number of nitrogens with zero attached hydrogens (tertiary/aromatic N) is 1. The fourth-order valence-corrected chi connectivity index (χ4v) is 4.21. The molecule has 5 nitrogen and oxygen atoms in total. The maximum absolute atomic E-state index is 11.4. The molecule has 0 saturated carbocycles. The Morgan fingerprint density at radius 2 is 1.82 bits per heavy atom. The third kappa shape index (κ3) is 5.87. The van der Waals surface area contributed by atoms with Gasteiger partial charge in [-0.3, -0.25) is 4.79 Å². The summed E-state index contributed by atoms with van der Waals surface area (Å²) < 4.78 is 17.5. The highest BCUT2D eigenvalue weighted by atomic mass is 127. The summed E-state index contributed by atoms with van der Waals surface area (Å²) in [4.78, 5) is 16.2. The average molecular weight is 586 g/mol. The summed E-state index contributed by atoms with van der Waals surface area (Å²) in [6.45, 7) is 1.78. The number of ether oxygens (including phenoxy) is 3. The molecule has 3 aromatic carbocycles. The predicted molar refractivity (Wildman–Crippen MR) is 143 cm³/mol. The van der Waals surface area contributed by atoms with Crippen molar-refractivity contribution in [2.75, 3.05) is 7.11 Å². The van der Waals surface area contributed by atoms with Gasteiger partial charge in [-0.05, 0) is 76.2 Å². The number of pyridine rings is 1. The van der Waals surface area contributed by atoms with Gasteiger partial charge < -0.3 is 14.2 Å². The Hall–Kier alpha value is -3.10. The van der Waals surface area contributed by atoms with Crippen molar-refractivity contribution in [1.29, 1.82) is 0 Å². The molecule has 4 aromatic rings. The largest absolute Gasteiger partial charge is 0.493 e. The standard InChI is InChI=1S/C27H21ClINO4/c1-17(31)34-27-23(29)14-19(15-25(27)32-2)8-12-22-13-9-20-4-3-5-24(26(20)30-22)33-16-18-6-10-21(28)11-7-18/h3-15H,16H2,1-2H3/b12-8-. The van der Waals surface area contributed by atoms with Crippen molar-refractivity contribution >= 4 is 63.2 Å². The van der Waals surface area contributed by atoms with Crippen molar-refractivity contribution in [1.82, 2.24) is 4.98 Å². The Morgan fingerprint density at radius 3 is 2.56 bits per heavy atom. The van der Waals surface area contributed by atoms with E-state index in [-0.39, 0.29) is 0 Å². The first-order valence-corrected chi connectivity index (χ1v) is 11.9. The zero-order chi connectivity index (χ0) is 24.1. The number of methoxy groups -OCH3 is 1. The van der Waals surface area contributed by atoms with Gasteiger partial charge in [-0.25, -0.2) is 4.98 Å². The molecular weight excluding hydrogens is 565 g/mol. The normalized spacial score (nSPS) is 11.1. The summed E-state index contributed by atoms with van der Waals surface area (Å²) in [6, 6.07) is 21.2. The number of carbonyl (C=O) groups is 1. The zero-order valence-electron chi connectivity index (χ0n) is 18.5. The molecular formula is C27H21ClINO4. The molecule has 0 aliphatic rings. The second-order valence-corrected chi connectivity index (χ2v) is 9.04. The fraction of sp³-hybridized carbons (Fsp3) is 0.111. The van der Waals surface area contributed by atoms with E-state index in [1.165, 1.54) is 6.92 Å². The number of hydrogen-bond donors (Lipinski definition) is 0. The lowest BCUT2D eigenvalue weighted by Crippen LogP contribution is -2.04. The van der Waals surface area contributed by atoms with Gasteiger partial charge in [0.2, 0.25) is 0 Å². The number of para-hydroxylation sites is 1. The van der Waals surface area contributed by atoms with Crippen LogP contribution in [0, 0.1) is 3.57 Å². The van der Waals surface area contributed by atoms with Crippen LogP contribution >= 0.6 is 34.2 Å². The minimum Gasteiger partial charge on any atom is -0.493 e. The highest BCUT2D eigenvalue weighted by Gasteiger charge is 2.13. The third-order valence-corrected chi connectivity index (χ3v) is 6.01.